The molecule has 110 valence electrons. The van der Waals surface area contributed by atoms with Crippen molar-refractivity contribution in [1.82, 2.24) is 10.2 Å². The Bertz CT molecular complexity index is 429. The Kier molecular flexibility index (Phi) is 4.58. The van der Waals surface area contributed by atoms with E-state index >= 15 is 0 Å². The van der Waals surface area contributed by atoms with E-state index in [9.17, 15) is 0 Å². The van der Waals surface area contributed by atoms with Gasteiger partial charge in [-0.05, 0) is 32.0 Å². The van der Waals surface area contributed by atoms with Crippen molar-refractivity contribution in [3.8, 4) is 5.75 Å². The smallest absolute Gasteiger partial charge is 0.124 e. The lowest BCUT2D eigenvalue weighted by atomic mass is 9.92. The standard InChI is InChI=1S/C17H26N2O/c1-14-13-20-16-8-4-3-7-15(16)17(14)18-9-12-19-10-5-2-6-11-19/h3-4,7-8,14,17-18H,2,5-6,9-13H2,1H3. The molecule has 1 N–H and O–H groups in total. The van der Waals surface area contributed by atoms with Gasteiger partial charge in [0.25, 0.3) is 0 Å². The number of nitrogens with zero attached hydrogens (tertiary/aromatic N) is 1. The van der Waals surface area contributed by atoms with Crippen LogP contribution >= 0.6 is 0 Å². The minimum atomic E-state index is 0.435. The first kappa shape index (κ1) is 13.9. The summed E-state index contributed by atoms with van der Waals surface area (Å²) in [4.78, 5) is 2.59. The number of nitrogens with one attached hydrogen (secondary N) is 1. The Morgan fingerprint density at radius 1 is 1.20 bits per heavy atom. The molecule has 0 radical (unpaired) electrons. The molecule has 1 saturated heterocycles. The second kappa shape index (κ2) is 6.59. The number of likely N-dealkylation sites (tertiary alicyclic amines) is 1. The van der Waals surface area contributed by atoms with Crippen molar-refractivity contribution in [3.05, 3.63) is 29.8 Å². The Morgan fingerprint density at radius 2 is 2.00 bits per heavy atom. The topological polar surface area (TPSA) is 24.5 Å². The van der Waals surface area contributed by atoms with Gasteiger partial charge in [-0.15, -0.1) is 0 Å². The van der Waals surface area contributed by atoms with E-state index < -0.39 is 0 Å². The molecule has 2 aliphatic rings. The van der Waals surface area contributed by atoms with Gasteiger partial charge >= 0.3 is 0 Å². The summed E-state index contributed by atoms with van der Waals surface area (Å²) in [7, 11) is 0. The van der Waals surface area contributed by atoms with E-state index in [1.54, 1.807) is 0 Å². The molecule has 2 heterocycles. The summed E-state index contributed by atoms with van der Waals surface area (Å²) < 4.78 is 5.81. The average molecular weight is 274 g/mol. The van der Waals surface area contributed by atoms with Gasteiger partial charge in [-0.2, -0.15) is 0 Å². The summed E-state index contributed by atoms with van der Waals surface area (Å²) in [5.74, 6) is 1.59. The third-order valence-corrected chi connectivity index (χ3v) is 4.57. The van der Waals surface area contributed by atoms with Gasteiger partial charge in [-0.3, -0.25) is 0 Å². The van der Waals surface area contributed by atoms with Gasteiger partial charge in [0.1, 0.15) is 5.75 Å². The first-order valence-electron chi connectivity index (χ1n) is 8.02. The van der Waals surface area contributed by atoms with Crippen LogP contribution in [0, 0.1) is 5.92 Å². The summed E-state index contributed by atoms with van der Waals surface area (Å²) in [5.41, 5.74) is 1.32. The monoisotopic (exact) mass is 274 g/mol. The molecule has 0 spiro atoms. The molecule has 0 aliphatic carbocycles. The molecule has 0 aromatic heterocycles. The number of piperidine rings is 1. The normalized spacial score (nSPS) is 26.9. The predicted molar refractivity (Wildman–Crippen MR) is 82.1 cm³/mol. The molecular weight excluding hydrogens is 248 g/mol. The first-order valence-corrected chi connectivity index (χ1v) is 8.02. The predicted octanol–water partition coefficient (Wildman–Crippen LogP) is 2.83. The number of benzene rings is 1. The maximum absolute atomic E-state index is 5.81. The lowest BCUT2D eigenvalue weighted by molar-refractivity contribution is 0.178. The highest BCUT2D eigenvalue weighted by Crippen LogP contribution is 2.34. The van der Waals surface area contributed by atoms with E-state index in [-0.39, 0.29) is 0 Å². The summed E-state index contributed by atoms with van der Waals surface area (Å²) in [5, 5.41) is 3.75. The number of hydrogen-bond donors (Lipinski definition) is 1. The SMILES string of the molecule is CC1COc2ccccc2C1NCCN1CCCCC1. The second-order valence-electron chi connectivity index (χ2n) is 6.16. The van der Waals surface area contributed by atoms with Crippen LogP contribution < -0.4 is 10.1 Å². The van der Waals surface area contributed by atoms with Gasteiger partial charge in [0.15, 0.2) is 0 Å². The van der Waals surface area contributed by atoms with Crippen molar-refractivity contribution in [2.45, 2.75) is 32.2 Å². The highest BCUT2D eigenvalue weighted by atomic mass is 16.5. The van der Waals surface area contributed by atoms with Gasteiger partial charge in [-0.1, -0.05) is 31.5 Å². The maximum atomic E-state index is 5.81. The highest BCUT2D eigenvalue weighted by molar-refractivity contribution is 5.37. The van der Waals surface area contributed by atoms with Crippen molar-refractivity contribution in [2.75, 3.05) is 32.8 Å². The molecule has 3 rings (SSSR count). The fraction of sp³-hybridized carbons (Fsp3) is 0.647. The molecule has 1 fully saturated rings. The minimum absolute atomic E-state index is 0.435. The van der Waals surface area contributed by atoms with Crippen LogP contribution in [-0.2, 0) is 0 Å². The Balaban J connectivity index is 1.56. The van der Waals surface area contributed by atoms with Crippen molar-refractivity contribution < 1.29 is 4.74 Å². The van der Waals surface area contributed by atoms with Gasteiger partial charge in [0.2, 0.25) is 0 Å². The molecule has 0 bridgehead atoms. The molecule has 1 aromatic rings. The van der Waals surface area contributed by atoms with E-state index in [0.29, 0.717) is 12.0 Å². The molecule has 2 atom stereocenters. The number of rotatable bonds is 4. The number of hydrogen-bond acceptors (Lipinski definition) is 3. The molecule has 0 saturated carbocycles. The van der Waals surface area contributed by atoms with Gasteiger partial charge in [-0.25, -0.2) is 0 Å². The minimum Gasteiger partial charge on any atom is -0.493 e. The molecule has 0 amide bonds. The van der Waals surface area contributed by atoms with E-state index in [2.05, 4.69) is 41.4 Å². The summed E-state index contributed by atoms with van der Waals surface area (Å²) in [6.45, 7) is 7.89. The number of ether oxygens (including phenoxy) is 1. The molecule has 3 nitrogen and oxygen atoms in total. The Hall–Kier alpha value is -1.06. The van der Waals surface area contributed by atoms with Crippen LogP contribution in [0.2, 0.25) is 0 Å². The molecule has 20 heavy (non-hydrogen) atoms. The maximum Gasteiger partial charge on any atom is 0.124 e. The van der Waals surface area contributed by atoms with Crippen LogP contribution in [0.3, 0.4) is 0 Å². The van der Waals surface area contributed by atoms with Crippen LogP contribution in [0.15, 0.2) is 24.3 Å². The number of para-hydroxylation sites is 1. The zero-order valence-electron chi connectivity index (χ0n) is 12.5. The molecule has 2 aliphatic heterocycles. The van der Waals surface area contributed by atoms with Gasteiger partial charge in [0, 0.05) is 30.6 Å². The van der Waals surface area contributed by atoms with E-state index in [1.165, 1.54) is 44.5 Å². The molecule has 2 unspecified atom stereocenters. The van der Waals surface area contributed by atoms with Gasteiger partial charge < -0.3 is 15.0 Å². The average Bonchev–Trinajstić information content (AvgIpc) is 2.50. The first-order chi connectivity index (χ1) is 9.84. The van der Waals surface area contributed by atoms with Gasteiger partial charge in [0.05, 0.1) is 6.61 Å². The molecule has 3 heteroatoms. The van der Waals surface area contributed by atoms with Crippen LogP contribution in [0.1, 0.15) is 37.8 Å². The summed E-state index contributed by atoms with van der Waals surface area (Å²) >= 11 is 0. The third kappa shape index (κ3) is 3.15. The lowest BCUT2D eigenvalue weighted by Crippen LogP contribution is -2.40. The fourth-order valence-corrected chi connectivity index (χ4v) is 3.37. The largest absolute Gasteiger partial charge is 0.493 e. The van der Waals surface area contributed by atoms with Crippen molar-refractivity contribution in [1.29, 1.82) is 0 Å². The lowest BCUT2D eigenvalue weighted by Gasteiger charge is -2.33. The Labute approximate surface area is 122 Å². The Morgan fingerprint density at radius 3 is 2.85 bits per heavy atom. The van der Waals surface area contributed by atoms with Crippen LogP contribution in [0.4, 0.5) is 0 Å². The molecular formula is C17H26N2O. The number of fused-ring (bicyclic) bond motifs is 1. The van der Waals surface area contributed by atoms with Crippen molar-refractivity contribution in [2.24, 2.45) is 5.92 Å². The van der Waals surface area contributed by atoms with E-state index in [1.807, 2.05) is 0 Å². The highest BCUT2D eigenvalue weighted by Gasteiger charge is 2.27. The van der Waals surface area contributed by atoms with Crippen LogP contribution in [0.25, 0.3) is 0 Å². The quantitative estimate of drug-likeness (QED) is 0.913. The van der Waals surface area contributed by atoms with E-state index in [0.717, 1.165) is 18.9 Å². The van der Waals surface area contributed by atoms with E-state index in [4.69, 9.17) is 4.74 Å². The zero-order chi connectivity index (χ0) is 13.8. The van der Waals surface area contributed by atoms with Crippen LogP contribution in [-0.4, -0.2) is 37.7 Å². The summed E-state index contributed by atoms with van der Waals surface area (Å²) in [6.07, 6.45) is 4.15. The van der Waals surface area contributed by atoms with Crippen molar-refractivity contribution in [3.63, 3.8) is 0 Å². The zero-order valence-corrected chi connectivity index (χ0v) is 12.5. The summed E-state index contributed by atoms with van der Waals surface area (Å²) in [6, 6.07) is 8.88. The fourth-order valence-electron chi connectivity index (χ4n) is 3.37. The second-order valence-corrected chi connectivity index (χ2v) is 6.16. The third-order valence-electron chi connectivity index (χ3n) is 4.57. The van der Waals surface area contributed by atoms with Crippen LogP contribution in [0.5, 0.6) is 5.75 Å². The van der Waals surface area contributed by atoms with Crippen molar-refractivity contribution >= 4 is 0 Å². The molecule has 1 aromatic carbocycles.